The van der Waals surface area contributed by atoms with Crippen LogP contribution in [0.4, 0.5) is 0 Å². The van der Waals surface area contributed by atoms with Crippen LogP contribution in [-0.4, -0.2) is 11.7 Å². The molecule has 2 aromatic carbocycles. The Morgan fingerprint density at radius 1 is 1.20 bits per heavy atom. The van der Waals surface area contributed by atoms with Crippen molar-refractivity contribution in [1.29, 1.82) is 0 Å². The highest BCUT2D eigenvalue weighted by atomic mass is 32.2. The van der Waals surface area contributed by atoms with Gasteiger partial charge in [0.15, 0.2) is 0 Å². The Hall–Kier alpha value is -2.00. The van der Waals surface area contributed by atoms with Crippen LogP contribution in [0.1, 0.15) is 15.9 Å². The minimum Gasteiger partial charge on any atom is -0.423 e. The number of carbonyl (C=O) groups excluding carboxylic acids is 1. The molecule has 2 nitrogen and oxygen atoms in total. The molecule has 0 spiro atoms. The molecule has 0 saturated heterocycles. The maximum absolute atomic E-state index is 12.3. The molecule has 0 N–H and O–H groups in total. The van der Waals surface area contributed by atoms with Gasteiger partial charge in [-0.1, -0.05) is 36.4 Å². The van der Waals surface area contributed by atoms with Crippen LogP contribution in [0.3, 0.4) is 0 Å². The van der Waals surface area contributed by atoms with Gasteiger partial charge in [-0.05, 0) is 30.7 Å². The SMILES string of the molecule is C=CCSc1ccccc1C(=O)Oc1ccccc1C. The first-order chi connectivity index (χ1) is 9.72. The number of hydrogen-bond donors (Lipinski definition) is 0. The maximum Gasteiger partial charge on any atom is 0.344 e. The first-order valence-electron chi connectivity index (χ1n) is 6.33. The molecule has 0 saturated carbocycles. The molecule has 0 heterocycles. The Morgan fingerprint density at radius 3 is 2.65 bits per heavy atom. The van der Waals surface area contributed by atoms with Crippen LogP contribution in [0.15, 0.2) is 66.1 Å². The van der Waals surface area contributed by atoms with Gasteiger partial charge < -0.3 is 4.74 Å². The van der Waals surface area contributed by atoms with Crippen LogP contribution < -0.4 is 4.74 Å². The molecule has 0 radical (unpaired) electrons. The molecule has 0 aromatic heterocycles. The summed E-state index contributed by atoms with van der Waals surface area (Å²) in [6.45, 7) is 5.61. The summed E-state index contributed by atoms with van der Waals surface area (Å²) in [5.41, 5.74) is 1.53. The first-order valence-corrected chi connectivity index (χ1v) is 7.31. The number of esters is 1. The van der Waals surface area contributed by atoms with Crippen molar-refractivity contribution in [2.24, 2.45) is 0 Å². The van der Waals surface area contributed by atoms with Gasteiger partial charge in [0.2, 0.25) is 0 Å². The largest absolute Gasteiger partial charge is 0.423 e. The predicted octanol–water partition coefficient (Wildman–Crippen LogP) is 4.49. The van der Waals surface area contributed by atoms with E-state index < -0.39 is 0 Å². The molecule has 0 unspecified atom stereocenters. The molecule has 0 fully saturated rings. The Labute approximate surface area is 123 Å². The molecule has 20 heavy (non-hydrogen) atoms. The summed E-state index contributed by atoms with van der Waals surface area (Å²) in [5, 5.41) is 0. The summed E-state index contributed by atoms with van der Waals surface area (Å²) in [6.07, 6.45) is 1.81. The van der Waals surface area contributed by atoms with Gasteiger partial charge in [0.1, 0.15) is 5.75 Å². The van der Waals surface area contributed by atoms with Gasteiger partial charge in [0, 0.05) is 10.6 Å². The van der Waals surface area contributed by atoms with Gasteiger partial charge in [-0.3, -0.25) is 0 Å². The monoisotopic (exact) mass is 284 g/mol. The van der Waals surface area contributed by atoms with E-state index in [1.54, 1.807) is 23.9 Å². The highest BCUT2D eigenvalue weighted by Gasteiger charge is 2.14. The van der Waals surface area contributed by atoms with E-state index in [-0.39, 0.29) is 5.97 Å². The van der Waals surface area contributed by atoms with Gasteiger partial charge in [-0.2, -0.15) is 0 Å². The molecule has 0 bridgehead atoms. The van der Waals surface area contributed by atoms with Gasteiger partial charge in [0.25, 0.3) is 0 Å². The van der Waals surface area contributed by atoms with Gasteiger partial charge >= 0.3 is 5.97 Å². The Kier molecular flexibility index (Phi) is 5.02. The van der Waals surface area contributed by atoms with Crippen LogP contribution in [0.5, 0.6) is 5.75 Å². The zero-order valence-corrected chi connectivity index (χ0v) is 12.2. The summed E-state index contributed by atoms with van der Waals surface area (Å²) >= 11 is 1.57. The molecular weight excluding hydrogens is 268 g/mol. The first kappa shape index (κ1) is 14.4. The standard InChI is InChI=1S/C17H16O2S/c1-3-12-20-16-11-7-5-9-14(16)17(18)19-15-10-6-4-8-13(15)2/h3-11H,1,12H2,2H3. The fourth-order valence-electron chi connectivity index (χ4n) is 1.74. The second kappa shape index (κ2) is 6.96. The summed E-state index contributed by atoms with van der Waals surface area (Å²) in [5.74, 6) is 1.03. The summed E-state index contributed by atoms with van der Waals surface area (Å²) < 4.78 is 5.47. The highest BCUT2D eigenvalue weighted by Crippen LogP contribution is 2.25. The quantitative estimate of drug-likeness (QED) is 0.350. The van der Waals surface area contributed by atoms with E-state index in [0.717, 1.165) is 16.2 Å². The predicted molar refractivity (Wildman–Crippen MR) is 83.5 cm³/mol. The van der Waals surface area contributed by atoms with Crippen LogP contribution in [0, 0.1) is 6.92 Å². The smallest absolute Gasteiger partial charge is 0.344 e. The molecule has 0 aliphatic carbocycles. The van der Waals surface area contributed by atoms with E-state index in [1.807, 2.05) is 49.4 Å². The van der Waals surface area contributed by atoms with Crippen molar-refractivity contribution in [3.05, 3.63) is 72.3 Å². The third-order valence-electron chi connectivity index (χ3n) is 2.76. The maximum atomic E-state index is 12.3. The zero-order valence-electron chi connectivity index (χ0n) is 11.3. The van der Waals surface area contributed by atoms with Gasteiger partial charge in [0.05, 0.1) is 5.56 Å². The lowest BCUT2D eigenvalue weighted by Gasteiger charge is -2.09. The average Bonchev–Trinajstić information content (AvgIpc) is 2.47. The molecule has 3 heteroatoms. The summed E-state index contributed by atoms with van der Waals surface area (Å²) in [7, 11) is 0. The number of ether oxygens (including phenoxy) is 1. The van der Waals surface area contributed by atoms with Crippen LogP contribution >= 0.6 is 11.8 Å². The van der Waals surface area contributed by atoms with Crippen molar-refractivity contribution in [3.8, 4) is 5.75 Å². The minimum atomic E-state index is -0.327. The number of thioether (sulfide) groups is 1. The minimum absolute atomic E-state index is 0.327. The topological polar surface area (TPSA) is 26.3 Å². The van der Waals surface area contributed by atoms with E-state index in [0.29, 0.717) is 11.3 Å². The number of para-hydroxylation sites is 1. The molecule has 0 aliphatic heterocycles. The summed E-state index contributed by atoms with van der Waals surface area (Å²) in [4.78, 5) is 13.2. The normalized spacial score (nSPS) is 10.1. The molecule has 102 valence electrons. The van der Waals surface area contributed by atoms with Crippen molar-refractivity contribution in [3.63, 3.8) is 0 Å². The third kappa shape index (κ3) is 3.52. The van der Waals surface area contributed by atoms with Crippen molar-refractivity contribution in [2.75, 3.05) is 5.75 Å². The van der Waals surface area contributed by atoms with Crippen LogP contribution in [0.2, 0.25) is 0 Å². The average molecular weight is 284 g/mol. The van der Waals surface area contributed by atoms with Crippen molar-refractivity contribution in [1.82, 2.24) is 0 Å². The second-order valence-electron chi connectivity index (χ2n) is 4.25. The van der Waals surface area contributed by atoms with E-state index >= 15 is 0 Å². The van der Waals surface area contributed by atoms with Crippen molar-refractivity contribution < 1.29 is 9.53 Å². The second-order valence-corrected chi connectivity index (χ2v) is 5.31. The van der Waals surface area contributed by atoms with E-state index in [2.05, 4.69) is 6.58 Å². The number of carbonyl (C=O) groups is 1. The number of aryl methyl sites for hydroxylation is 1. The molecule has 0 amide bonds. The lowest BCUT2D eigenvalue weighted by Crippen LogP contribution is -2.10. The Balaban J connectivity index is 2.21. The summed E-state index contributed by atoms with van der Waals surface area (Å²) in [6, 6.07) is 14.9. The Morgan fingerprint density at radius 2 is 1.90 bits per heavy atom. The lowest BCUT2D eigenvalue weighted by atomic mass is 10.2. The molecule has 2 rings (SSSR count). The fraction of sp³-hybridized carbons (Fsp3) is 0.118. The van der Waals surface area contributed by atoms with Crippen LogP contribution in [0.25, 0.3) is 0 Å². The number of benzene rings is 2. The third-order valence-corrected chi connectivity index (χ3v) is 3.83. The molecular formula is C17H16O2S. The zero-order chi connectivity index (χ0) is 14.4. The van der Waals surface area contributed by atoms with E-state index in [9.17, 15) is 4.79 Å². The Bertz CT molecular complexity index is 620. The van der Waals surface area contributed by atoms with Gasteiger partial charge in [-0.25, -0.2) is 4.79 Å². The molecule has 2 aromatic rings. The van der Waals surface area contributed by atoms with Crippen LogP contribution in [-0.2, 0) is 0 Å². The molecule has 0 aliphatic rings. The van der Waals surface area contributed by atoms with E-state index in [4.69, 9.17) is 4.74 Å². The number of rotatable bonds is 5. The highest BCUT2D eigenvalue weighted by molar-refractivity contribution is 7.99. The van der Waals surface area contributed by atoms with Crippen molar-refractivity contribution in [2.45, 2.75) is 11.8 Å². The number of hydrogen-bond acceptors (Lipinski definition) is 3. The van der Waals surface area contributed by atoms with Gasteiger partial charge in [-0.15, -0.1) is 18.3 Å². The molecule has 0 atom stereocenters. The lowest BCUT2D eigenvalue weighted by molar-refractivity contribution is 0.0730. The van der Waals surface area contributed by atoms with Crippen molar-refractivity contribution >= 4 is 17.7 Å². The van der Waals surface area contributed by atoms with E-state index in [1.165, 1.54) is 0 Å². The fourth-order valence-corrected chi connectivity index (χ4v) is 2.51.